The van der Waals surface area contributed by atoms with Crippen molar-refractivity contribution in [1.29, 1.82) is 0 Å². The number of fused-ring (bicyclic) bond motifs is 1. The van der Waals surface area contributed by atoms with Gasteiger partial charge in [-0.3, -0.25) is 27.9 Å². The van der Waals surface area contributed by atoms with E-state index in [0.29, 0.717) is 18.1 Å². The molecule has 35 heavy (non-hydrogen) atoms. The van der Waals surface area contributed by atoms with Crippen molar-refractivity contribution in [2.24, 2.45) is 0 Å². The van der Waals surface area contributed by atoms with Gasteiger partial charge in [-0.05, 0) is 12.5 Å². The minimum atomic E-state index is -4.17. The first-order valence-electron chi connectivity index (χ1n) is 10.9. The molecule has 3 unspecified atom stereocenters. The van der Waals surface area contributed by atoms with Crippen LogP contribution in [-0.2, 0) is 34.2 Å². The number of H-pyrrole nitrogens is 1. The highest BCUT2D eigenvalue weighted by atomic mass is 33.1. The Morgan fingerprint density at radius 2 is 1.94 bits per heavy atom. The number of phosphoric ester groups is 1. The number of aromatic amines is 1. The van der Waals surface area contributed by atoms with E-state index in [9.17, 15) is 14.2 Å². The number of hydrogen-bond donors (Lipinski definition) is 1. The van der Waals surface area contributed by atoms with Crippen molar-refractivity contribution in [3.8, 4) is 0 Å². The molecule has 1 N–H and O–H groups in total. The molecule has 0 saturated carbocycles. The number of hydrogen-bond acceptors (Lipinski definition) is 10. The molecule has 1 aromatic heterocycles. The Hall–Kier alpha value is -1.44. The highest BCUT2D eigenvalue weighted by Crippen LogP contribution is 2.60. The fraction of sp³-hybridized carbons (Fsp3) is 0.524. The Bertz CT molecular complexity index is 1210. The summed E-state index contributed by atoms with van der Waals surface area (Å²) in [6.07, 6.45) is -3.50. The van der Waals surface area contributed by atoms with E-state index >= 15 is 4.39 Å². The third-order valence-corrected chi connectivity index (χ3v) is 9.85. The van der Waals surface area contributed by atoms with E-state index in [1.807, 2.05) is 30.3 Å². The van der Waals surface area contributed by atoms with Gasteiger partial charge < -0.3 is 9.47 Å². The Labute approximate surface area is 207 Å². The second-order valence-electron chi connectivity index (χ2n) is 8.51. The maximum atomic E-state index is 15.9. The lowest BCUT2D eigenvalue weighted by Crippen LogP contribution is -2.47. The molecule has 0 spiro atoms. The molecule has 0 radical (unpaired) electrons. The molecule has 1 aromatic carbocycles. The van der Waals surface area contributed by atoms with Crippen molar-refractivity contribution in [3.63, 3.8) is 0 Å². The topological polar surface area (TPSA) is 118 Å². The van der Waals surface area contributed by atoms with Gasteiger partial charge in [-0.2, -0.15) is 0 Å². The van der Waals surface area contributed by atoms with Gasteiger partial charge in [-0.25, -0.2) is 13.8 Å². The molecule has 3 fully saturated rings. The van der Waals surface area contributed by atoms with Gasteiger partial charge in [-0.15, -0.1) is 0 Å². The van der Waals surface area contributed by atoms with Crippen LogP contribution in [0.5, 0.6) is 0 Å². The average Bonchev–Trinajstić information content (AvgIpc) is 3.08. The zero-order chi connectivity index (χ0) is 24.6. The van der Waals surface area contributed by atoms with Crippen LogP contribution < -0.4 is 11.2 Å². The number of benzene rings is 1. The van der Waals surface area contributed by atoms with Gasteiger partial charge in [0.15, 0.2) is 11.9 Å². The van der Waals surface area contributed by atoms with E-state index in [1.165, 1.54) is 6.92 Å². The number of nitrogens with one attached hydrogen (secondary N) is 1. The van der Waals surface area contributed by atoms with Crippen molar-refractivity contribution in [3.05, 3.63) is 69.0 Å². The van der Waals surface area contributed by atoms with Crippen molar-refractivity contribution < 1.29 is 32.0 Å². The molecule has 14 heteroatoms. The van der Waals surface area contributed by atoms with Crippen LogP contribution >= 0.6 is 29.4 Å². The van der Waals surface area contributed by atoms with Crippen LogP contribution in [0, 0.1) is 0 Å². The number of rotatable bonds is 6. The summed E-state index contributed by atoms with van der Waals surface area (Å²) in [6.45, 7) is 1.30. The van der Waals surface area contributed by atoms with Crippen molar-refractivity contribution >= 4 is 29.4 Å². The average molecular weight is 547 g/mol. The number of halogens is 1. The zero-order valence-corrected chi connectivity index (χ0v) is 21.1. The van der Waals surface area contributed by atoms with E-state index in [-0.39, 0.29) is 12.7 Å². The lowest BCUT2D eigenvalue weighted by Gasteiger charge is -2.37. The monoisotopic (exact) mass is 546 g/mol. The summed E-state index contributed by atoms with van der Waals surface area (Å²) in [4.78, 5) is 25.7. The largest absolute Gasteiger partial charge is 0.475 e. The first-order valence-corrected chi connectivity index (χ1v) is 14.9. The minimum Gasteiger partial charge on any atom is -0.370 e. The van der Waals surface area contributed by atoms with E-state index < -0.39 is 49.3 Å². The molecular formula is C21H24FN2O8PS2. The number of ether oxygens (including phenoxy) is 2. The number of nitrogens with zero attached hydrogens (tertiary/aromatic N) is 1. The van der Waals surface area contributed by atoms with Crippen LogP contribution in [0.3, 0.4) is 0 Å². The predicted octanol–water partition coefficient (Wildman–Crippen LogP) is 3.05. The summed E-state index contributed by atoms with van der Waals surface area (Å²) in [5, 5.41) is 0. The molecule has 0 amide bonds. The van der Waals surface area contributed by atoms with Crippen LogP contribution in [0.4, 0.5) is 4.39 Å². The van der Waals surface area contributed by atoms with Gasteiger partial charge in [-0.1, -0.05) is 51.9 Å². The maximum absolute atomic E-state index is 15.9. The third-order valence-electron chi connectivity index (χ3n) is 5.96. The fourth-order valence-electron chi connectivity index (χ4n) is 4.15. The van der Waals surface area contributed by atoms with Gasteiger partial charge in [0.25, 0.3) is 5.56 Å². The van der Waals surface area contributed by atoms with Crippen molar-refractivity contribution in [2.45, 2.75) is 49.8 Å². The molecule has 0 aliphatic carbocycles. The molecule has 2 aromatic rings. The molecule has 4 heterocycles. The predicted molar refractivity (Wildman–Crippen MR) is 128 cm³/mol. The Balaban J connectivity index is 1.29. The number of phosphoric acid groups is 1. The molecule has 3 aliphatic rings. The summed E-state index contributed by atoms with van der Waals surface area (Å²) < 4.78 is 58.8. The molecule has 0 bridgehead atoms. The quantitative estimate of drug-likeness (QED) is 0.428. The SMILES string of the molecule is C[C@@]1(F)[C@@H]2OP(=O)(OC3CSSC[C@@H]3OCc3ccccc3)OCC2O[C@H]1n1ccc(=O)[nH]c1=O. The Kier molecular flexibility index (Phi) is 7.30. The van der Waals surface area contributed by atoms with Crippen LogP contribution in [0.25, 0.3) is 0 Å². The lowest BCUT2D eigenvalue weighted by atomic mass is 9.98. The Morgan fingerprint density at radius 3 is 2.69 bits per heavy atom. The highest BCUT2D eigenvalue weighted by molar-refractivity contribution is 8.76. The standard InChI is InChI=1S/C21H24FN2O8PS2/c1-21(22)18-14(30-19(21)24-8-7-17(25)23-20(24)26)10-29-33(27,32-18)31-16-12-35-34-11-15(16)28-9-13-5-3-2-4-6-13/h2-8,14-16,18-19H,9-12H2,1H3,(H,23,25,26)/t14?,15-,16?,18+,19+,21+,33?/m0/s1. The minimum absolute atomic E-state index is 0.250. The van der Waals surface area contributed by atoms with Crippen LogP contribution in [0.2, 0.25) is 0 Å². The molecule has 3 saturated heterocycles. The fourth-order valence-corrected chi connectivity index (χ4v) is 8.35. The zero-order valence-electron chi connectivity index (χ0n) is 18.6. The van der Waals surface area contributed by atoms with Crippen molar-refractivity contribution in [2.75, 3.05) is 18.1 Å². The van der Waals surface area contributed by atoms with E-state index in [0.717, 1.165) is 22.4 Å². The van der Waals surface area contributed by atoms with Gasteiger partial charge in [0.2, 0.25) is 0 Å². The molecule has 10 nitrogen and oxygen atoms in total. The Morgan fingerprint density at radius 1 is 1.20 bits per heavy atom. The second kappa shape index (κ2) is 10.1. The summed E-state index contributed by atoms with van der Waals surface area (Å²) in [6, 6.07) is 10.7. The van der Waals surface area contributed by atoms with Gasteiger partial charge in [0.1, 0.15) is 18.3 Å². The van der Waals surface area contributed by atoms with E-state index in [4.69, 9.17) is 23.0 Å². The number of aromatic nitrogens is 2. The smallest absolute Gasteiger partial charge is 0.370 e. The molecule has 5 rings (SSSR count). The van der Waals surface area contributed by atoms with Crippen LogP contribution in [-0.4, -0.2) is 57.7 Å². The summed E-state index contributed by atoms with van der Waals surface area (Å²) in [7, 11) is -1.00. The van der Waals surface area contributed by atoms with Gasteiger partial charge in [0.05, 0.1) is 19.3 Å². The molecule has 3 aliphatic heterocycles. The van der Waals surface area contributed by atoms with E-state index in [1.54, 1.807) is 21.6 Å². The van der Waals surface area contributed by atoms with Crippen LogP contribution in [0.1, 0.15) is 18.7 Å². The highest BCUT2D eigenvalue weighted by Gasteiger charge is 2.62. The summed E-state index contributed by atoms with van der Waals surface area (Å²) >= 11 is 0. The normalized spacial score (nSPS) is 37.1. The van der Waals surface area contributed by atoms with Crippen molar-refractivity contribution in [1.82, 2.24) is 9.55 Å². The van der Waals surface area contributed by atoms with Gasteiger partial charge in [0, 0.05) is 23.8 Å². The summed E-state index contributed by atoms with van der Waals surface area (Å²) in [5.74, 6) is 1.09. The second-order valence-corrected chi connectivity index (χ2v) is 12.6. The molecule has 7 atom stereocenters. The number of alkyl halides is 1. The van der Waals surface area contributed by atoms with Gasteiger partial charge >= 0.3 is 13.5 Å². The third kappa shape index (κ3) is 5.33. The molecule has 190 valence electrons. The summed E-state index contributed by atoms with van der Waals surface area (Å²) in [5.41, 5.74) is -2.72. The first kappa shape index (κ1) is 25.2. The lowest BCUT2D eigenvalue weighted by molar-refractivity contribution is -0.0864. The first-order chi connectivity index (χ1) is 16.7. The van der Waals surface area contributed by atoms with Crippen LogP contribution in [0.15, 0.2) is 52.2 Å². The molecular weight excluding hydrogens is 522 g/mol. The maximum Gasteiger partial charge on any atom is 0.475 e. The van der Waals surface area contributed by atoms with E-state index in [2.05, 4.69) is 4.98 Å².